The Labute approximate surface area is 123 Å². The second kappa shape index (κ2) is 5.44. The molecule has 2 heterocycles. The molecule has 5 nitrogen and oxygen atoms in total. The lowest BCUT2D eigenvalue weighted by atomic mass is 10.1. The van der Waals surface area contributed by atoms with Gasteiger partial charge in [-0.05, 0) is 32.9 Å². The average Bonchev–Trinajstić information content (AvgIpc) is 2.47. The molecule has 0 amide bonds. The van der Waals surface area contributed by atoms with Gasteiger partial charge in [0.05, 0.1) is 29.9 Å². The van der Waals surface area contributed by atoms with Crippen molar-refractivity contribution in [2.75, 3.05) is 0 Å². The van der Waals surface area contributed by atoms with E-state index in [-0.39, 0.29) is 6.10 Å². The number of hydrogen-bond acceptors (Lipinski definition) is 5. The lowest BCUT2D eigenvalue weighted by molar-refractivity contribution is 0.243. The van der Waals surface area contributed by atoms with Crippen molar-refractivity contribution in [1.82, 2.24) is 19.9 Å². The van der Waals surface area contributed by atoms with Crippen LogP contribution in [-0.4, -0.2) is 26.0 Å². The largest absolute Gasteiger partial charge is 0.490 e. The Balaban J connectivity index is 2.10. The standard InChI is InChI=1S/C16H16N4O/c1-10(2)21-14-7-5-4-6-12(14)13-9-18-15-16(20-13)17-8-11(3)19-15/h4-10H,1-3H3. The van der Waals surface area contributed by atoms with Crippen molar-refractivity contribution in [3.63, 3.8) is 0 Å². The van der Waals surface area contributed by atoms with Crippen LogP contribution in [0.4, 0.5) is 0 Å². The zero-order valence-electron chi connectivity index (χ0n) is 12.2. The van der Waals surface area contributed by atoms with Crippen LogP contribution in [0.3, 0.4) is 0 Å². The van der Waals surface area contributed by atoms with E-state index in [1.807, 2.05) is 45.0 Å². The van der Waals surface area contributed by atoms with E-state index in [4.69, 9.17) is 4.74 Å². The van der Waals surface area contributed by atoms with Crippen LogP contribution in [0, 0.1) is 6.92 Å². The van der Waals surface area contributed by atoms with Crippen molar-refractivity contribution in [2.45, 2.75) is 26.9 Å². The predicted octanol–water partition coefficient (Wildman–Crippen LogP) is 3.18. The molecule has 0 spiro atoms. The minimum atomic E-state index is 0.0991. The third-order valence-corrected chi connectivity index (χ3v) is 2.92. The second-order valence-corrected chi connectivity index (χ2v) is 5.08. The topological polar surface area (TPSA) is 60.8 Å². The first-order valence-electron chi connectivity index (χ1n) is 6.86. The molecular formula is C16H16N4O. The van der Waals surface area contributed by atoms with E-state index in [0.717, 1.165) is 22.7 Å². The van der Waals surface area contributed by atoms with Crippen molar-refractivity contribution < 1.29 is 4.74 Å². The number of nitrogens with zero attached hydrogens (tertiary/aromatic N) is 4. The zero-order valence-corrected chi connectivity index (χ0v) is 12.2. The van der Waals surface area contributed by atoms with Crippen molar-refractivity contribution >= 4 is 11.3 Å². The van der Waals surface area contributed by atoms with Gasteiger partial charge < -0.3 is 4.74 Å². The maximum Gasteiger partial charge on any atom is 0.198 e. The highest BCUT2D eigenvalue weighted by Crippen LogP contribution is 2.29. The third kappa shape index (κ3) is 2.81. The molecule has 0 aliphatic carbocycles. The van der Waals surface area contributed by atoms with Gasteiger partial charge in [-0.25, -0.2) is 19.9 Å². The number of hydrogen-bond donors (Lipinski definition) is 0. The molecule has 0 aliphatic heterocycles. The molecule has 0 bridgehead atoms. The van der Waals surface area contributed by atoms with Gasteiger partial charge in [-0.2, -0.15) is 0 Å². The van der Waals surface area contributed by atoms with Crippen molar-refractivity contribution in [3.8, 4) is 17.0 Å². The molecule has 3 aromatic rings. The van der Waals surface area contributed by atoms with Gasteiger partial charge in [-0.15, -0.1) is 0 Å². The highest BCUT2D eigenvalue weighted by atomic mass is 16.5. The van der Waals surface area contributed by atoms with Gasteiger partial charge >= 0.3 is 0 Å². The molecule has 0 fully saturated rings. The first kappa shape index (κ1) is 13.4. The fraction of sp³-hybridized carbons (Fsp3) is 0.250. The van der Waals surface area contributed by atoms with Crippen LogP contribution in [0.25, 0.3) is 22.6 Å². The van der Waals surface area contributed by atoms with E-state index >= 15 is 0 Å². The number of aryl methyl sites for hydroxylation is 1. The summed E-state index contributed by atoms with van der Waals surface area (Å²) < 4.78 is 5.83. The lowest BCUT2D eigenvalue weighted by Gasteiger charge is -2.13. The molecule has 0 atom stereocenters. The van der Waals surface area contributed by atoms with Crippen LogP contribution in [0.2, 0.25) is 0 Å². The number of rotatable bonds is 3. The molecule has 0 N–H and O–H groups in total. The Morgan fingerprint density at radius 1 is 0.952 bits per heavy atom. The monoisotopic (exact) mass is 280 g/mol. The Kier molecular flexibility index (Phi) is 3.48. The summed E-state index contributed by atoms with van der Waals surface area (Å²) in [5.41, 5.74) is 3.56. The number of ether oxygens (including phenoxy) is 1. The maximum atomic E-state index is 5.83. The molecule has 2 aromatic heterocycles. The highest BCUT2D eigenvalue weighted by molar-refractivity contribution is 5.72. The van der Waals surface area contributed by atoms with Crippen LogP contribution < -0.4 is 4.74 Å². The van der Waals surface area contributed by atoms with E-state index in [1.54, 1.807) is 12.4 Å². The first-order valence-corrected chi connectivity index (χ1v) is 6.86. The third-order valence-electron chi connectivity index (χ3n) is 2.92. The van der Waals surface area contributed by atoms with Gasteiger partial charge in [0.15, 0.2) is 11.3 Å². The number of benzene rings is 1. The van der Waals surface area contributed by atoms with Crippen molar-refractivity contribution in [3.05, 3.63) is 42.4 Å². The zero-order chi connectivity index (χ0) is 14.8. The second-order valence-electron chi connectivity index (χ2n) is 5.08. The van der Waals surface area contributed by atoms with Gasteiger partial charge in [0.25, 0.3) is 0 Å². The molecule has 5 heteroatoms. The Morgan fingerprint density at radius 2 is 1.67 bits per heavy atom. The van der Waals surface area contributed by atoms with Gasteiger partial charge in [0, 0.05) is 5.56 Å². The quantitative estimate of drug-likeness (QED) is 0.737. The summed E-state index contributed by atoms with van der Waals surface area (Å²) >= 11 is 0. The van der Waals surface area contributed by atoms with Crippen LogP contribution in [0.15, 0.2) is 36.7 Å². The molecule has 21 heavy (non-hydrogen) atoms. The molecular weight excluding hydrogens is 264 g/mol. The van der Waals surface area contributed by atoms with E-state index in [0.29, 0.717) is 11.3 Å². The molecule has 0 saturated heterocycles. The average molecular weight is 280 g/mol. The molecule has 0 saturated carbocycles. The van der Waals surface area contributed by atoms with Crippen LogP contribution in [-0.2, 0) is 0 Å². The number of aromatic nitrogens is 4. The Hall–Kier alpha value is -2.56. The van der Waals surface area contributed by atoms with Crippen molar-refractivity contribution in [2.24, 2.45) is 0 Å². The first-order chi connectivity index (χ1) is 10.1. The minimum absolute atomic E-state index is 0.0991. The summed E-state index contributed by atoms with van der Waals surface area (Å²) in [5.74, 6) is 0.793. The van der Waals surface area contributed by atoms with Gasteiger partial charge in [-0.3, -0.25) is 0 Å². The molecule has 0 radical (unpaired) electrons. The van der Waals surface area contributed by atoms with Crippen LogP contribution in [0.1, 0.15) is 19.5 Å². The lowest BCUT2D eigenvalue weighted by Crippen LogP contribution is -2.06. The molecule has 106 valence electrons. The fourth-order valence-electron chi connectivity index (χ4n) is 2.05. The van der Waals surface area contributed by atoms with Crippen LogP contribution >= 0.6 is 0 Å². The van der Waals surface area contributed by atoms with E-state index < -0.39 is 0 Å². The molecule has 1 aromatic carbocycles. The normalized spacial score (nSPS) is 11.0. The SMILES string of the molecule is Cc1cnc2nc(-c3ccccc3OC(C)C)cnc2n1. The predicted molar refractivity (Wildman–Crippen MR) is 81.1 cm³/mol. The number of fused-ring (bicyclic) bond motifs is 1. The van der Waals surface area contributed by atoms with E-state index in [2.05, 4.69) is 19.9 Å². The fourth-order valence-corrected chi connectivity index (χ4v) is 2.05. The highest BCUT2D eigenvalue weighted by Gasteiger charge is 2.10. The molecule has 0 unspecified atom stereocenters. The summed E-state index contributed by atoms with van der Waals surface area (Å²) in [7, 11) is 0. The summed E-state index contributed by atoms with van der Waals surface area (Å²) in [5, 5.41) is 0. The molecule has 3 rings (SSSR count). The number of para-hydroxylation sites is 1. The van der Waals surface area contributed by atoms with Crippen molar-refractivity contribution in [1.29, 1.82) is 0 Å². The summed E-state index contributed by atoms with van der Waals surface area (Å²) in [6, 6.07) is 7.80. The van der Waals surface area contributed by atoms with Crippen LogP contribution in [0.5, 0.6) is 5.75 Å². The van der Waals surface area contributed by atoms with Gasteiger partial charge in [0.1, 0.15) is 5.75 Å². The minimum Gasteiger partial charge on any atom is -0.490 e. The Bertz CT molecular complexity index is 786. The smallest absolute Gasteiger partial charge is 0.198 e. The maximum absolute atomic E-state index is 5.83. The molecule has 0 aliphatic rings. The Morgan fingerprint density at radius 3 is 2.48 bits per heavy atom. The van der Waals surface area contributed by atoms with E-state index in [1.165, 1.54) is 0 Å². The summed E-state index contributed by atoms with van der Waals surface area (Å²) in [6.45, 7) is 5.88. The van der Waals surface area contributed by atoms with E-state index in [9.17, 15) is 0 Å². The van der Waals surface area contributed by atoms with Gasteiger partial charge in [-0.1, -0.05) is 12.1 Å². The summed E-state index contributed by atoms with van der Waals surface area (Å²) in [4.78, 5) is 17.5. The van der Waals surface area contributed by atoms with Gasteiger partial charge in [0.2, 0.25) is 0 Å². The summed E-state index contributed by atoms with van der Waals surface area (Å²) in [6.07, 6.45) is 3.50.